The van der Waals surface area contributed by atoms with Gasteiger partial charge in [0.2, 0.25) is 0 Å². The molecular formula is C22H20N2O. The molecule has 124 valence electrons. The summed E-state index contributed by atoms with van der Waals surface area (Å²) in [5.41, 5.74) is 4.26. The summed E-state index contributed by atoms with van der Waals surface area (Å²) >= 11 is 0. The highest BCUT2D eigenvalue weighted by Crippen LogP contribution is 2.41. The topological polar surface area (TPSA) is 34.5 Å². The first-order chi connectivity index (χ1) is 12.4. The van der Waals surface area contributed by atoms with Crippen LogP contribution in [0.5, 0.6) is 5.75 Å². The van der Waals surface area contributed by atoms with Crippen molar-refractivity contribution in [3.63, 3.8) is 0 Å². The van der Waals surface area contributed by atoms with Crippen LogP contribution in [0.1, 0.15) is 36.0 Å². The van der Waals surface area contributed by atoms with E-state index in [1.165, 1.54) is 5.56 Å². The lowest BCUT2D eigenvalue weighted by molar-refractivity contribution is 0.328. The summed E-state index contributed by atoms with van der Waals surface area (Å²) in [5.74, 6) is 1.93. The average molecular weight is 328 g/mol. The molecule has 25 heavy (non-hydrogen) atoms. The number of rotatable bonds is 4. The van der Waals surface area contributed by atoms with Gasteiger partial charge in [0.1, 0.15) is 0 Å². The lowest BCUT2D eigenvalue weighted by Crippen LogP contribution is -2.03. The molecule has 3 heteroatoms. The molecule has 1 aromatic heterocycles. The predicted molar refractivity (Wildman–Crippen MR) is 101 cm³/mol. The van der Waals surface area contributed by atoms with Gasteiger partial charge in [-0.25, -0.2) is 9.98 Å². The van der Waals surface area contributed by atoms with Crippen molar-refractivity contribution in [1.82, 2.24) is 4.98 Å². The van der Waals surface area contributed by atoms with E-state index in [-0.39, 0.29) is 0 Å². The Labute approximate surface area is 148 Å². The van der Waals surface area contributed by atoms with Gasteiger partial charge in [0, 0.05) is 28.8 Å². The average Bonchev–Trinajstić information content (AvgIpc) is 3.11. The third kappa shape index (κ3) is 3.05. The zero-order valence-corrected chi connectivity index (χ0v) is 14.2. The van der Waals surface area contributed by atoms with Gasteiger partial charge >= 0.3 is 0 Å². The second-order valence-electron chi connectivity index (χ2n) is 6.16. The molecule has 4 rings (SSSR count). The summed E-state index contributed by atoms with van der Waals surface area (Å²) in [6, 6.07) is 22.5. The SMILES string of the molecule is CCC1COc2c1ccnc2N=C(c1ccccc1)c1ccccc1. The van der Waals surface area contributed by atoms with Crippen LogP contribution in [-0.4, -0.2) is 17.3 Å². The van der Waals surface area contributed by atoms with Gasteiger partial charge in [0.25, 0.3) is 0 Å². The van der Waals surface area contributed by atoms with Crippen molar-refractivity contribution in [3.8, 4) is 5.75 Å². The maximum absolute atomic E-state index is 5.94. The predicted octanol–water partition coefficient (Wildman–Crippen LogP) is 5.14. The Morgan fingerprint density at radius 2 is 1.64 bits per heavy atom. The fourth-order valence-electron chi connectivity index (χ4n) is 3.21. The number of hydrogen-bond donors (Lipinski definition) is 0. The maximum Gasteiger partial charge on any atom is 0.195 e. The summed E-state index contributed by atoms with van der Waals surface area (Å²) in [7, 11) is 0. The molecule has 0 fully saturated rings. The minimum atomic E-state index is 0.434. The summed E-state index contributed by atoms with van der Waals surface area (Å²) in [5, 5.41) is 0. The first-order valence-electron chi connectivity index (χ1n) is 8.68. The molecule has 3 aromatic rings. The van der Waals surface area contributed by atoms with E-state index in [4.69, 9.17) is 9.73 Å². The molecule has 0 amide bonds. The Kier molecular flexibility index (Phi) is 4.30. The van der Waals surface area contributed by atoms with Crippen molar-refractivity contribution in [3.05, 3.63) is 89.6 Å². The van der Waals surface area contributed by atoms with E-state index >= 15 is 0 Å². The summed E-state index contributed by atoms with van der Waals surface area (Å²) in [6.45, 7) is 2.90. The van der Waals surface area contributed by atoms with Crippen molar-refractivity contribution in [1.29, 1.82) is 0 Å². The molecule has 1 unspecified atom stereocenters. The lowest BCUT2D eigenvalue weighted by atomic mass is 9.99. The van der Waals surface area contributed by atoms with Crippen LogP contribution in [0.3, 0.4) is 0 Å². The van der Waals surface area contributed by atoms with E-state index in [0.29, 0.717) is 18.3 Å². The summed E-state index contributed by atoms with van der Waals surface area (Å²) < 4.78 is 5.94. The third-order valence-corrected chi connectivity index (χ3v) is 4.59. The zero-order valence-electron chi connectivity index (χ0n) is 14.2. The third-order valence-electron chi connectivity index (χ3n) is 4.59. The first-order valence-corrected chi connectivity index (χ1v) is 8.68. The number of pyridine rings is 1. The molecule has 0 radical (unpaired) electrons. The highest BCUT2D eigenvalue weighted by atomic mass is 16.5. The Morgan fingerprint density at radius 1 is 1.00 bits per heavy atom. The number of ether oxygens (including phenoxy) is 1. The van der Waals surface area contributed by atoms with E-state index < -0.39 is 0 Å². The van der Waals surface area contributed by atoms with Gasteiger partial charge in [0.15, 0.2) is 11.6 Å². The molecule has 0 saturated carbocycles. The second kappa shape index (κ2) is 6.89. The molecule has 3 nitrogen and oxygen atoms in total. The smallest absolute Gasteiger partial charge is 0.195 e. The molecule has 2 heterocycles. The van der Waals surface area contributed by atoms with Gasteiger partial charge < -0.3 is 4.74 Å². The fraction of sp³-hybridized carbons (Fsp3) is 0.182. The molecular weight excluding hydrogens is 308 g/mol. The van der Waals surface area contributed by atoms with E-state index in [1.54, 1.807) is 0 Å². The van der Waals surface area contributed by atoms with Crippen LogP contribution in [0.2, 0.25) is 0 Å². The van der Waals surface area contributed by atoms with Gasteiger partial charge in [-0.05, 0) is 12.5 Å². The Morgan fingerprint density at radius 3 is 2.24 bits per heavy atom. The van der Waals surface area contributed by atoms with Crippen molar-refractivity contribution < 1.29 is 4.74 Å². The monoisotopic (exact) mass is 328 g/mol. The Hall–Kier alpha value is -2.94. The van der Waals surface area contributed by atoms with Crippen molar-refractivity contribution >= 4 is 11.5 Å². The highest BCUT2D eigenvalue weighted by Gasteiger charge is 2.26. The second-order valence-corrected chi connectivity index (χ2v) is 6.16. The van der Waals surface area contributed by atoms with E-state index in [2.05, 4.69) is 42.2 Å². The minimum absolute atomic E-state index is 0.434. The first kappa shape index (κ1) is 15.6. The van der Waals surface area contributed by atoms with E-state index in [1.807, 2.05) is 42.6 Å². The van der Waals surface area contributed by atoms with E-state index in [9.17, 15) is 0 Å². The van der Waals surface area contributed by atoms with Crippen molar-refractivity contribution in [2.45, 2.75) is 19.3 Å². The molecule has 0 aliphatic carbocycles. The van der Waals surface area contributed by atoms with Crippen LogP contribution in [-0.2, 0) is 0 Å². The van der Waals surface area contributed by atoms with Gasteiger partial charge in [-0.3, -0.25) is 0 Å². The Bertz CT molecular complexity index is 847. The van der Waals surface area contributed by atoms with Crippen LogP contribution in [0.25, 0.3) is 0 Å². The fourth-order valence-corrected chi connectivity index (χ4v) is 3.21. The number of aromatic nitrogens is 1. The van der Waals surface area contributed by atoms with Gasteiger partial charge in [0.05, 0.1) is 12.3 Å². The van der Waals surface area contributed by atoms with Crippen LogP contribution < -0.4 is 4.74 Å². The van der Waals surface area contributed by atoms with Crippen molar-refractivity contribution in [2.24, 2.45) is 4.99 Å². The molecule has 1 atom stereocenters. The zero-order chi connectivity index (χ0) is 17.1. The lowest BCUT2D eigenvalue weighted by Gasteiger charge is -2.09. The van der Waals surface area contributed by atoms with E-state index in [0.717, 1.165) is 29.0 Å². The molecule has 0 N–H and O–H groups in total. The Balaban J connectivity index is 1.86. The number of fused-ring (bicyclic) bond motifs is 1. The standard InChI is InChI=1S/C22H20N2O/c1-2-16-15-25-21-19(16)13-14-23-22(21)24-20(17-9-5-3-6-10-17)18-11-7-4-8-12-18/h3-14,16H,2,15H2,1H3. The van der Waals surface area contributed by atoms with Crippen LogP contribution in [0.15, 0.2) is 77.9 Å². The molecule has 2 aromatic carbocycles. The number of hydrogen-bond acceptors (Lipinski definition) is 3. The van der Waals surface area contributed by atoms with Crippen LogP contribution in [0.4, 0.5) is 5.82 Å². The number of benzene rings is 2. The number of aliphatic imine (C=N–C) groups is 1. The summed E-state index contributed by atoms with van der Waals surface area (Å²) in [4.78, 5) is 9.42. The normalized spacial score (nSPS) is 15.3. The quantitative estimate of drug-likeness (QED) is 0.622. The van der Waals surface area contributed by atoms with Gasteiger partial charge in [-0.15, -0.1) is 0 Å². The largest absolute Gasteiger partial charge is 0.489 e. The number of nitrogens with zero attached hydrogens (tertiary/aromatic N) is 2. The molecule has 1 aliphatic rings. The molecule has 0 spiro atoms. The van der Waals surface area contributed by atoms with Gasteiger partial charge in [-0.2, -0.15) is 0 Å². The van der Waals surface area contributed by atoms with Crippen LogP contribution in [0, 0.1) is 0 Å². The molecule has 0 saturated heterocycles. The van der Waals surface area contributed by atoms with Crippen molar-refractivity contribution in [2.75, 3.05) is 6.61 Å². The highest BCUT2D eigenvalue weighted by molar-refractivity contribution is 6.14. The molecule has 0 bridgehead atoms. The molecule has 1 aliphatic heterocycles. The minimum Gasteiger partial charge on any atom is -0.489 e. The van der Waals surface area contributed by atoms with Crippen LogP contribution >= 0.6 is 0 Å². The summed E-state index contributed by atoms with van der Waals surface area (Å²) in [6.07, 6.45) is 2.90. The maximum atomic E-state index is 5.94. The van der Waals surface area contributed by atoms with Gasteiger partial charge in [-0.1, -0.05) is 67.6 Å².